The van der Waals surface area contributed by atoms with Crippen molar-refractivity contribution in [3.63, 3.8) is 0 Å². The highest BCUT2D eigenvalue weighted by atomic mass is 32.2. The van der Waals surface area contributed by atoms with Gasteiger partial charge in [-0.2, -0.15) is 0 Å². The summed E-state index contributed by atoms with van der Waals surface area (Å²) in [7, 11) is -1.31. The highest BCUT2D eigenvalue weighted by Crippen LogP contribution is 2.33. The molecule has 0 bridgehead atoms. The maximum absolute atomic E-state index is 14.0. The molecule has 1 atom stereocenters. The molecule has 2 amide bonds. The molecule has 0 fully saturated rings. The molecule has 0 aliphatic heterocycles. The lowest BCUT2D eigenvalue weighted by atomic mass is 10.1. The van der Waals surface area contributed by atoms with Gasteiger partial charge in [0.15, 0.2) is 0 Å². The van der Waals surface area contributed by atoms with Gasteiger partial charge in [-0.05, 0) is 54.8 Å². The number of anilines is 1. The van der Waals surface area contributed by atoms with Gasteiger partial charge in [0.1, 0.15) is 24.1 Å². The zero-order chi connectivity index (χ0) is 29.3. The van der Waals surface area contributed by atoms with Crippen LogP contribution in [0.25, 0.3) is 0 Å². The molecule has 0 aliphatic carbocycles. The Bertz CT molecular complexity index is 1380. The summed E-state index contributed by atoms with van der Waals surface area (Å²) in [5, 5.41) is 2.88. The van der Waals surface area contributed by atoms with Crippen LogP contribution in [0, 0.1) is 5.92 Å². The molecule has 1 N–H and O–H groups in total. The minimum Gasteiger partial charge on any atom is -0.497 e. The molecule has 214 valence electrons. The third kappa shape index (κ3) is 7.53. The van der Waals surface area contributed by atoms with Crippen LogP contribution in [0.4, 0.5) is 5.69 Å². The average molecular weight is 568 g/mol. The monoisotopic (exact) mass is 567 g/mol. The molecule has 40 heavy (non-hydrogen) atoms. The molecule has 10 heteroatoms. The van der Waals surface area contributed by atoms with Crippen molar-refractivity contribution in [2.75, 3.05) is 31.6 Å². The maximum Gasteiger partial charge on any atom is 0.264 e. The van der Waals surface area contributed by atoms with E-state index in [1.165, 1.54) is 43.4 Å². The molecule has 3 aromatic carbocycles. The van der Waals surface area contributed by atoms with E-state index in [-0.39, 0.29) is 34.7 Å². The summed E-state index contributed by atoms with van der Waals surface area (Å²) >= 11 is 0. The second-order valence-corrected chi connectivity index (χ2v) is 11.5. The van der Waals surface area contributed by atoms with Crippen LogP contribution in [0.1, 0.15) is 26.3 Å². The number of carbonyl (C=O) groups is 2. The molecule has 3 aromatic rings. The maximum atomic E-state index is 14.0. The number of carbonyl (C=O) groups excluding carboxylic acids is 2. The Hall–Kier alpha value is -4.05. The molecule has 0 unspecified atom stereocenters. The Morgan fingerprint density at radius 3 is 2.08 bits per heavy atom. The molecular weight excluding hydrogens is 530 g/mol. The lowest BCUT2D eigenvalue weighted by Crippen LogP contribution is -2.51. The highest BCUT2D eigenvalue weighted by molar-refractivity contribution is 7.92. The van der Waals surface area contributed by atoms with Crippen LogP contribution < -0.4 is 19.1 Å². The van der Waals surface area contributed by atoms with E-state index in [4.69, 9.17) is 9.47 Å². The Kier molecular flexibility index (Phi) is 10.6. The van der Waals surface area contributed by atoms with E-state index in [1.54, 1.807) is 31.2 Å². The van der Waals surface area contributed by atoms with Crippen molar-refractivity contribution in [3.05, 3.63) is 84.4 Å². The van der Waals surface area contributed by atoms with E-state index in [2.05, 4.69) is 5.32 Å². The fourth-order valence-corrected chi connectivity index (χ4v) is 5.46. The number of nitrogens with one attached hydrogen (secondary N) is 1. The van der Waals surface area contributed by atoms with Gasteiger partial charge in [0.25, 0.3) is 10.0 Å². The van der Waals surface area contributed by atoms with Crippen molar-refractivity contribution < 1.29 is 27.5 Å². The largest absolute Gasteiger partial charge is 0.497 e. The number of methoxy groups -OCH3 is 2. The van der Waals surface area contributed by atoms with Crippen LogP contribution in [0.2, 0.25) is 0 Å². The third-order valence-corrected chi connectivity index (χ3v) is 8.10. The lowest BCUT2D eigenvalue weighted by molar-refractivity contribution is -0.139. The number of hydrogen-bond acceptors (Lipinski definition) is 6. The van der Waals surface area contributed by atoms with Crippen LogP contribution >= 0.6 is 0 Å². The second-order valence-electron chi connectivity index (χ2n) is 9.68. The van der Waals surface area contributed by atoms with Gasteiger partial charge < -0.3 is 19.7 Å². The first-order valence-corrected chi connectivity index (χ1v) is 14.4. The smallest absolute Gasteiger partial charge is 0.264 e. The minimum atomic E-state index is -4.23. The van der Waals surface area contributed by atoms with Crippen LogP contribution in [0.3, 0.4) is 0 Å². The predicted octanol–water partition coefficient (Wildman–Crippen LogP) is 4.09. The second kappa shape index (κ2) is 13.8. The molecule has 0 saturated heterocycles. The van der Waals surface area contributed by atoms with E-state index in [0.29, 0.717) is 12.3 Å². The van der Waals surface area contributed by atoms with Gasteiger partial charge in [0, 0.05) is 13.1 Å². The number of rotatable bonds is 13. The third-order valence-electron chi connectivity index (χ3n) is 6.33. The van der Waals surface area contributed by atoms with Gasteiger partial charge in [0.05, 0.1) is 24.8 Å². The summed E-state index contributed by atoms with van der Waals surface area (Å²) in [5.74, 6) is 0.142. The zero-order valence-electron chi connectivity index (χ0n) is 23.5. The normalized spacial score (nSPS) is 11.9. The summed E-state index contributed by atoms with van der Waals surface area (Å²) in [4.78, 5) is 28.4. The van der Waals surface area contributed by atoms with Crippen molar-refractivity contribution in [2.24, 2.45) is 5.92 Å². The number of para-hydroxylation sites is 2. The number of hydrogen-bond donors (Lipinski definition) is 1. The number of amides is 2. The van der Waals surface area contributed by atoms with Gasteiger partial charge in [0.2, 0.25) is 11.8 Å². The Labute approximate surface area is 236 Å². The number of nitrogens with zero attached hydrogens (tertiary/aromatic N) is 2. The SMILES string of the molecule is COc1ccc(S(=O)(=O)N(CC(=O)N(Cc2ccccc2)[C@H](C)C(=O)NCC(C)C)c2ccccc2OC)cc1. The van der Waals surface area contributed by atoms with Gasteiger partial charge in [-0.3, -0.25) is 13.9 Å². The minimum absolute atomic E-state index is 0.0238. The van der Waals surface area contributed by atoms with Crippen molar-refractivity contribution in [1.29, 1.82) is 0 Å². The molecule has 3 rings (SSSR count). The molecule has 0 spiro atoms. The molecule has 0 aliphatic rings. The number of benzene rings is 3. The summed E-state index contributed by atoms with van der Waals surface area (Å²) in [5.41, 5.74) is 1.01. The van der Waals surface area contributed by atoms with Gasteiger partial charge in [-0.15, -0.1) is 0 Å². The van der Waals surface area contributed by atoms with Crippen LogP contribution in [-0.4, -0.2) is 58.5 Å². The summed E-state index contributed by atoms with van der Waals surface area (Å²) in [6.45, 7) is 5.62. The first-order chi connectivity index (χ1) is 19.1. The predicted molar refractivity (Wildman–Crippen MR) is 155 cm³/mol. The van der Waals surface area contributed by atoms with Crippen molar-refractivity contribution in [1.82, 2.24) is 10.2 Å². The van der Waals surface area contributed by atoms with Crippen LogP contribution in [0.15, 0.2) is 83.8 Å². The Morgan fingerprint density at radius 2 is 1.48 bits per heavy atom. The van der Waals surface area contributed by atoms with E-state index in [1.807, 2.05) is 44.2 Å². The molecule has 0 saturated carbocycles. The molecular formula is C30H37N3O6S. The van der Waals surface area contributed by atoms with E-state index < -0.39 is 28.5 Å². The Balaban J connectivity index is 2.04. The van der Waals surface area contributed by atoms with E-state index in [0.717, 1.165) is 9.87 Å². The van der Waals surface area contributed by atoms with E-state index >= 15 is 0 Å². The molecule has 0 heterocycles. The van der Waals surface area contributed by atoms with Crippen molar-refractivity contribution in [3.8, 4) is 11.5 Å². The van der Waals surface area contributed by atoms with Crippen LogP contribution in [-0.2, 0) is 26.2 Å². The molecule has 0 aromatic heterocycles. The average Bonchev–Trinajstić information content (AvgIpc) is 2.97. The summed E-state index contributed by atoms with van der Waals surface area (Å²) < 4.78 is 39.6. The highest BCUT2D eigenvalue weighted by Gasteiger charge is 2.33. The van der Waals surface area contributed by atoms with Gasteiger partial charge in [-0.25, -0.2) is 8.42 Å². The summed E-state index contributed by atoms with van der Waals surface area (Å²) in [6.07, 6.45) is 0. The Morgan fingerprint density at radius 1 is 0.850 bits per heavy atom. The van der Waals surface area contributed by atoms with Crippen LogP contribution in [0.5, 0.6) is 11.5 Å². The van der Waals surface area contributed by atoms with Crippen molar-refractivity contribution >= 4 is 27.5 Å². The molecule has 0 radical (unpaired) electrons. The number of ether oxygens (including phenoxy) is 2. The van der Waals surface area contributed by atoms with Crippen molar-refractivity contribution in [2.45, 2.75) is 38.3 Å². The first-order valence-electron chi connectivity index (χ1n) is 13.0. The topological polar surface area (TPSA) is 105 Å². The standard InChI is InChI=1S/C30H37N3O6S/c1-22(2)19-31-30(35)23(3)32(20-24-11-7-6-8-12-24)29(34)21-33(27-13-9-10-14-28(27)39-5)40(36,37)26-17-15-25(38-4)16-18-26/h6-18,22-23H,19-21H2,1-5H3,(H,31,35)/t23-/m1/s1. The number of sulfonamides is 1. The van der Waals surface area contributed by atoms with E-state index in [9.17, 15) is 18.0 Å². The first kappa shape index (κ1) is 30.5. The quantitative estimate of drug-likeness (QED) is 0.334. The van der Waals surface area contributed by atoms with Gasteiger partial charge in [-0.1, -0.05) is 56.3 Å². The molecule has 9 nitrogen and oxygen atoms in total. The lowest BCUT2D eigenvalue weighted by Gasteiger charge is -2.32. The summed E-state index contributed by atoms with van der Waals surface area (Å²) in [6, 6.07) is 20.9. The fraction of sp³-hybridized carbons (Fsp3) is 0.333. The fourth-order valence-electron chi connectivity index (χ4n) is 4.04. The zero-order valence-corrected chi connectivity index (χ0v) is 24.4. The van der Waals surface area contributed by atoms with Gasteiger partial charge >= 0.3 is 0 Å².